The van der Waals surface area contributed by atoms with Gasteiger partial charge in [-0.1, -0.05) is 51.5 Å². The van der Waals surface area contributed by atoms with E-state index in [-0.39, 0.29) is 11.8 Å². The number of hydrogen-bond donors (Lipinski definition) is 3. The molecule has 6 rings (SSSR count). The average Bonchev–Trinajstić information content (AvgIpc) is 3.15. The molecule has 0 radical (unpaired) electrons. The number of aliphatic hydroxyl groups is 1. The first-order valence-electron chi connectivity index (χ1n) is 21.0. The monoisotopic (exact) mass is 777 g/mol. The summed E-state index contributed by atoms with van der Waals surface area (Å²) in [4.78, 5) is 24.9. The SMILES string of the molecule is C/C=C\C=C(/C)O.CC.CCCC1CN(c2cc(-c3ccccc3O)nnc2N)CCN1CC1CN(C2CC3(CCN(C(=O)OC(C)(C)C)CC3)C2)CCN1C. The van der Waals surface area contributed by atoms with Crippen LogP contribution in [-0.2, 0) is 4.74 Å². The number of benzene rings is 1. The van der Waals surface area contributed by atoms with E-state index in [1.54, 1.807) is 25.1 Å². The van der Waals surface area contributed by atoms with Gasteiger partial charge in [0.25, 0.3) is 0 Å². The second kappa shape index (κ2) is 20.5. The number of nitrogens with zero attached hydrogens (tertiary/aromatic N) is 7. The maximum absolute atomic E-state index is 12.6. The van der Waals surface area contributed by atoms with E-state index in [1.807, 2.05) is 76.8 Å². The van der Waals surface area contributed by atoms with Gasteiger partial charge < -0.3 is 30.5 Å². The number of piperazine rings is 2. The Kier molecular flexibility index (Phi) is 16.4. The summed E-state index contributed by atoms with van der Waals surface area (Å²) in [5.41, 5.74) is 8.54. The number of aromatic nitrogens is 2. The molecule has 1 saturated carbocycles. The predicted molar refractivity (Wildman–Crippen MR) is 229 cm³/mol. The number of anilines is 2. The van der Waals surface area contributed by atoms with Gasteiger partial charge in [-0.05, 0) is 103 Å². The van der Waals surface area contributed by atoms with E-state index < -0.39 is 5.60 Å². The van der Waals surface area contributed by atoms with E-state index >= 15 is 0 Å². The lowest BCUT2D eigenvalue weighted by molar-refractivity contribution is -0.0680. The van der Waals surface area contributed by atoms with E-state index in [0.717, 1.165) is 90.3 Å². The van der Waals surface area contributed by atoms with Crippen LogP contribution in [0, 0.1) is 5.41 Å². The van der Waals surface area contributed by atoms with Crippen molar-refractivity contribution in [1.82, 2.24) is 29.8 Å². The number of phenols is 1. The van der Waals surface area contributed by atoms with Crippen molar-refractivity contribution in [2.24, 2.45) is 5.41 Å². The fourth-order valence-electron chi connectivity index (χ4n) is 8.53. The summed E-state index contributed by atoms with van der Waals surface area (Å²) >= 11 is 0. The smallest absolute Gasteiger partial charge is 0.410 e. The van der Waals surface area contributed by atoms with E-state index in [0.29, 0.717) is 46.4 Å². The summed E-state index contributed by atoms with van der Waals surface area (Å²) in [7, 11) is 2.30. The van der Waals surface area contributed by atoms with Crippen molar-refractivity contribution in [2.75, 3.05) is 76.6 Å². The Morgan fingerprint density at radius 3 is 2.32 bits per heavy atom. The summed E-state index contributed by atoms with van der Waals surface area (Å²) in [5, 5.41) is 27.5. The van der Waals surface area contributed by atoms with Gasteiger partial charge in [0.05, 0.1) is 17.1 Å². The Bertz CT molecular complexity index is 1590. The van der Waals surface area contributed by atoms with Gasteiger partial charge in [-0.2, -0.15) is 0 Å². The average molecular weight is 777 g/mol. The van der Waals surface area contributed by atoms with Gasteiger partial charge in [0.2, 0.25) is 0 Å². The molecule has 1 aliphatic carbocycles. The molecule has 2 atom stereocenters. The Hall–Kier alpha value is -3.87. The van der Waals surface area contributed by atoms with Crippen LogP contribution in [0.25, 0.3) is 11.3 Å². The summed E-state index contributed by atoms with van der Waals surface area (Å²) in [5.74, 6) is 0.972. The Morgan fingerprint density at radius 1 is 1.02 bits per heavy atom. The quantitative estimate of drug-likeness (QED) is 0.181. The molecule has 1 aromatic carbocycles. The van der Waals surface area contributed by atoms with Gasteiger partial charge >= 0.3 is 6.09 Å². The van der Waals surface area contributed by atoms with Crippen LogP contribution >= 0.6 is 0 Å². The fraction of sp³-hybridized carbons (Fsp3) is 0.659. The Balaban J connectivity index is 0.000000698. The van der Waals surface area contributed by atoms with Gasteiger partial charge in [-0.25, -0.2) is 4.79 Å². The number of aromatic hydroxyl groups is 1. The van der Waals surface area contributed by atoms with Crippen molar-refractivity contribution in [2.45, 2.75) is 118 Å². The van der Waals surface area contributed by atoms with Crippen LogP contribution in [0.5, 0.6) is 5.75 Å². The molecule has 0 bridgehead atoms. The molecule has 56 heavy (non-hydrogen) atoms. The van der Waals surface area contributed by atoms with E-state index in [9.17, 15) is 9.90 Å². The third-order valence-corrected chi connectivity index (χ3v) is 11.7. The van der Waals surface area contributed by atoms with Crippen molar-refractivity contribution in [1.29, 1.82) is 0 Å². The number of phenolic OH excluding ortho intramolecular Hbond substituents is 1. The molecule has 312 valence electrons. The number of nitrogen functional groups attached to an aromatic ring is 1. The van der Waals surface area contributed by atoms with Gasteiger partial charge in [-0.3, -0.25) is 14.7 Å². The van der Waals surface area contributed by atoms with Crippen LogP contribution in [0.1, 0.15) is 93.9 Å². The molecule has 12 heteroatoms. The van der Waals surface area contributed by atoms with Crippen LogP contribution in [-0.4, -0.2) is 136 Å². The molecule has 1 aromatic heterocycles. The second-order valence-electron chi connectivity index (χ2n) is 16.9. The Morgan fingerprint density at radius 2 is 1.71 bits per heavy atom. The number of nitrogens with two attached hydrogens (primary N) is 1. The van der Waals surface area contributed by atoms with E-state index in [4.69, 9.17) is 15.6 Å². The van der Waals surface area contributed by atoms with Crippen molar-refractivity contribution < 1.29 is 19.7 Å². The van der Waals surface area contributed by atoms with Crippen LogP contribution in [0.4, 0.5) is 16.3 Å². The zero-order valence-electron chi connectivity index (χ0n) is 35.9. The van der Waals surface area contributed by atoms with Gasteiger partial charge in [0.1, 0.15) is 11.4 Å². The molecule has 1 spiro atoms. The second-order valence-corrected chi connectivity index (χ2v) is 16.9. The number of piperidine rings is 1. The van der Waals surface area contributed by atoms with Crippen molar-refractivity contribution >= 4 is 17.6 Å². The van der Waals surface area contributed by atoms with E-state index in [1.165, 1.54) is 12.8 Å². The van der Waals surface area contributed by atoms with Crippen LogP contribution in [0.2, 0.25) is 0 Å². The summed E-state index contributed by atoms with van der Waals surface area (Å²) < 4.78 is 5.63. The first-order valence-corrected chi connectivity index (χ1v) is 21.0. The minimum absolute atomic E-state index is 0.162. The standard InChI is InChI=1S/C36H56N8O3.C6H10O.C2H6/c1-6-9-26-23-44(31-20-30(38-39-33(31)37)29-10-7-8-11-32(29)45)19-18-42(26)24-28-25-43(17-16-40(28)5)27-21-36(22-27)12-14-41(15-13-36)34(46)47-35(2,3)4;1-3-4-5-6(2)7;1-2/h7-8,10-11,20,26-28,45H,6,9,12-19,21-25H2,1-5H3,(H2,37,39);3-5,7H,1-2H3;1-2H3/b;4-3-,6-5+;. The highest BCUT2D eigenvalue weighted by Gasteiger charge is 2.49. The third kappa shape index (κ3) is 12.1. The number of likely N-dealkylation sites (N-methyl/N-ethyl adjacent to an activating group) is 1. The molecule has 2 aromatic rings. The maximum Gasteiger partial charge on any atom is 0.410 e. The van der Waals surface area contributed by atoms with Gasteiger partial charge in [0, 0.05) is 82.6 Å². The van der Waals surface area contributed by atoms with E-state index in [2.05, 4.69) is 43.8 Å². The molecular formula is C44H72N8O4. The third-order valence-electron chi connectivity index (χ3n) is 11.7. The highest BCUT2D eigenvalue weighted by Crippen LogP contribution is 2.51. The Labute approximate surface area is 337 Å². The summed E-state index contributed by atoms with van der Waals surface area (Å²) in [6, 6.07) is 10.8. The van der Waals surface area contributed by atoms with Crippen LogP contribution in [0.3, 0.4) is 0 Å². The van der Waals surface area contributed by atoms with Gasteiger partial charge in [0.15, 0.2) is 5.82 Å². The first-order chi connectivity index (χ1) is 26.7. The molecule has 4 heterocycles. The molecule has 3 aliphatic heterocycles. The highest BCUT2D eigenvalue weighted by atomic mass is 16.6. The number of rotatable bonds is 8. The van der Waals surface area contributed by atoms with Crippen LogP contribution < -0.4 is 10.6 Å². The zero-order chi connectivity index (χ0) is 41.0. The predicted octanol–water partition coefficient (Wildman–Crippen LogP) is 7.57. The number of amides is 1. The van der Waals surface area contributed by atoms with Crippen molar-refractivity contribution in [3.63, 3.8) is 0 Å². The van der Waals surface area contributed by atoms with Crippen molar-refractivity contribution in [3.8, 4) is 17.0 Å². The largest absolute Gasteiger partial charge is 0.513 e. The molecule has 1 amide bonds. The maximum atomic E-state index is 12.6. The molecular weight excluding hydrogens is 705 g/mol. The number of ether oxygens (including phenoxy) is 1. The number of allylic oxidation sites excluding steroid dienone is 4. The van der Waals surface area contributed by atoms with Gasteiger partial charge in [-0.15, -0.1) is 10.2 Å². The number of carbonyl (C=O) groups excluding carboxylic acids is 1. The normalized spacial score (nSPS) is 22.6. The highest BCUT2D eigenvalue weighted by molar-refractivity contribution is 5.74. The molecule has 4 N–H and O–H groups in total. The zero-order valence-corrected chi connectivity index (χ0v) is 35.9. The molecule has 4 aliphatic rings. The minimum Gasteiger partial charge on any atom is -0.513 e. The topological polar surface area (TPSA) is 135 Å². The summed E-state index contributed by atoms with van der Waals surface area (Å²) in [6.45, 7) is 24.4. The first kappa shape index (κ1) is 44.8. The molecule has 3 saturated heterocycles. The number of aliphatic hydroxyl groups excluding tert-OH is 1. The lowest BCUT2D eigenvalue weighted by atomic mass is 9.60. The molecule has 4 fully saturated rings. The molecule has 2 unspecified atom stereocenters. The van der Waals surface area contributed by atoms with Crippen LogP contribution in [0.15, 0.2) is 54.3 Å². The number of likely N-dealkylation sites (tertiary alicyclic amines) is 1. The lowest BCUT2D eigenvalue weighted by Crippen LogP contribution is -2.64. The fourth-order valence-corrected chi connectivity index (χ4v) is 8.53. The number of carbonyl (C=O) groups is 1. The molecule has 12 nitrogen and oxygen atoms in total. The number of hydrogen-bond acceptors (Lipinski definition) is 11. The van der Waals surface area contributed by atoms with Crippen molar-refractivity contribution in [3.05, 3.63) is 54.3 Å². The lowest BCUT2D eigenvalue weighted by Gasteiger charge is -2.57. The minimum atomic E-state index is -0.445. The summed E-state index contributed by atoms with van der Waals surface area (Å²) in [6.07, 6.45) is 12.1. The number of para-hydroxylation sites is 1.